The van der Waals surface area contributed by atoms with Gasteiger partial charge < -0.3 is 11.1 Å². The number of carbonyl (C=O) groups is 1. The van der Waals surface area contributed by atoms with Crippen LogP contribution in [0.25, 0.3) is 0 Å². The van der Waals surface area contributed by atoms with Gasteiger partial charge in [-0.15, -0.1) is 0 Å². The SMILES string of the molecule is CCNC(=O)CN(CC)Cc1cc(CN)ccc1F. The van der Waals surface area contributed by atoms with Crippen LogP contribution < -0.4 is 11.1 Å². The molecule has 0 fully saturated rings. The number of hydrogen-bond acceptors (Lipinski definition) is 3. The zero-order valence-corrected chi connectivity index (χ0v) is 11.6. The Morgan fingerprint density at radius 1 is 1.42 bits per heavy atom. The van der Waals surface area contributed by atoms with Gasteiger partial charge in [0.05, 0.1) is 6.54 Å². The lowest BCUT2D eigenvalue weighted by Crippen LogP contribution is -2.36. The van der Waals surface area contributed by atoms with E-state index < -0.39 is 0 Å². The van der Waals surface area contributed by atoms with Gasteiger partial charge in [-0.3, -0.25) is 9.69 Å². The van der Waals surface area contributed by atoms with Crippen LogP contribution in [0.2, 0.25) is 0 Å². The summed E-state index contributed by atoms with van der Waals surface area (Å²) in [7, 11) is 0. The van der Waals surface area contributed by atoms with Crippen LogP contribution in [0.15, 0.2) is 18.2 Å². The molecule has 0 unspecified atom stereocenters. The van der Waals surface area contributed by atoms with E-state index in [2.05, 4.69) is 5.32 Å². The minimum Gasteiger partial charge on any atom is -0.355 e. The first-order valence-electron chi connectivity index (χ1n) is 6.57. The van der Waals surface area contributed by atoms with Crippen LogP contribution in [0.1, 0.15) is 25.0 Å². The van der Waals surface area contributed by atoms with E-state index in [4.69, 9.17) is 5.73 Å². The minimum absolute atomic E-state index is 0.0419. The standard InChI is InChI=1S/C14H22FN3O/c1-3-17-14(19)10-18(4-2)9-12-7-11(8-16)5-6-13(12)15/h5-7H,3-4,8-10,16H2,1-2H3,(H,17,19). The van der Waals surface area contributed by atoms with Crippen LogP contribution in [0.5, 0.6) is 0 Å². The van der Waals surface area contributed by atoms with E-state index in [-0.39, 0.29) is 18.3 Å². The Hall–Kier alpha value is -1.46. The summed E-state index contributed by atoms with van der Waals surface area (Å²) < 4.78 is 13.7. The molecule has 3 N–H and O–H groups in total. The van der Waals surface area contributed by atoms with Crippen molar-refractivity contribution < 1.29 is 9.18 Å². The molecule has 19 heavy (non-hydrogen) atoms. The van der Waals surface area contributed by atoms with Gasteiger partial charge in [0.1, 0.15) is 5.82 Å². The van der Waals surface area contributed by atoms with E-state index in [1.165, 1.54) is 6.07 Å². The maximum absolute atomic E-state index is 13.7. The Labute approximate surface area is 113 Å². The molecule has 0 spiro atoms. The van der Waals surface area contributed by atoms with Crippen LogP contribution in [-0.4, -0.2) is 30.4 Å². The van der Waals surface area contributed by atoms with E-state index in [0.717, 1.165) is 5.56 Å². The van der Waals surface area contributed by atoms with Crippen molar-refractivity contribution in [1.29, 1.82) is 0 Å². The second-order valence-electron chi connectivity index (χ2n) is 4.39. The summed E-state index contributed by atoms with van der Waals surface area (Å²) in [5.74, 6) is -0.300. The van der Waals surface area contributed by atoms with Crippen molar-refractivity contribution >= 4 is 5.91 Å². The van der Waals surface area contributed by atoms with E-state index in [1.54, 1.807) is 12.1 Å². The van der Waals surface area contributed by atoms with E-state index in [9.17, 15) is 9.18 Å². The third-order valence-electron chi connectivity index (χ3n) is 2.93. The number of nitrogens with zero attached hydrogens (tertiary/aromatic N) is 1. The maximum Gasteiger partial charge on any atom is 0.234 e. The van der Waals surface area contributed by atoms with Crippen molar-refractivity contribution in [1.82, 2.24) is 10.2 Å². The molecule has 0 saturated heterocycles. The molecule has 0 saturated carbocycles. The summed E-state index contributed by atoms with van der Waals surface area (Å²) in [5, 5.41) is 2.74. The maximum atomic E-state index is 13.7. The van der Waals surface area contributed by atoms with Gasteiger partial charge >= 0.3 is 0 Å². The van der Waals surface area contributed by atoms with Crippen LogP contribution in [-0.2, 0) is 17.9 Å². The highest BCUT2D eigenvalue weighted by atomic mass is 19.1. The molecule has 1 aromatic rings. The Morgan fingerprint density at radius 2 is 2.16 bits per heavy atom. The van der Waals surface area contributed by atoms with Crippen molar-refractivity contribution in [3.63, 3.8) is 0 Å². The van der Waals surface area contributed by atoms with Crippen molar-refractivity contribution in [2.24, 2.45) is 5.73 Å². The van der Waals surface area contributed by atoms with Crippen LogP contribution in [0, 0.1) is 5.82 Å². The highest BCUT2D eigenvalue weighted by Gasteiger charge is 2.11. The van der Waals surface area contributed by atoms with Gasteiger partial charge in [-0.1, -0.05) is 19.1 Å². The molecule has 106 valence electrons. The molecule has 0 aliphatic carbocycles. The molecule has 1 aromatic carbocycles. The molecule has 4 nitrogen and oxygen atoms in total. The smallest absolute Gasteiger partial charge is 0.234 e. The summed E-state index contributed by atoms with van der Waals surface area (Å²) in [6.07, 6.45) is 0. The number of carbonyl (C=O) groups excluding carboxylic acids is 1. The molecule has 1 amide bonds. The molecule has 0 aliphatic heterocycles. The normalized spacial score (nSPS) is 10.8. The number of hydrogen-bond donors (Lipinski definition) is 2. The Balaban J connectivity index is 2.72. The van der Waals surface area contributed by atoms with E-state index in [0.29, 0.717) is 31.7 Å². The third-order valence-corrected chi connectivity index (χ3v) is 2.93. The summed E-state index contributed by atoms with van der Waals surface area (Å²) in [6.45, 7) is 6.18. The van der Waals surface area contributed by atoms with Gasteiger partial charge in [-0.2, -0.15) is 0 Å². The Bertz CT molecular complexity index is 423. The third kappa shape index (κ3) is 4.96. The summed E-state index contributed by atoms with van der Waals surface area (Å²) >= 11 is 0. The number of benzene rings is 1. The Kier molecular flexibility index (Phi) is 6.45. The predicted octanol–water partition coefficient (Wildman–Crippen LogP) is 1.24. The number of amides is 1. The van der Waals surface area contributed by atoms with Gasteiger partial charge in [0, 0.05) is 25.2 Å². The lowest BCUT2D eigenvalue weighted by Gasteiger charge is -2.20. The zero-order chi connectivity index (χ0) is 14.3. The highest BCUT2D eigenvalue weighted by Crippen LogP contribution is 2.13. The quantitative estimate of drug-likeness (QED) is 0.781. The molecular formula is C14H22FN3O. The first-order valence-corrected chi connectivity index (χ1v) is 6.57. The first kappa shape index (κ1) is 15.6. The first-order chi connectivity index (χ1) is 9.10. The topological polar surface area (TPSA) is 58.4 Å². The summed E-state index contributed by atoms with van der Waals surface area (Å²) in [5.41, 5.74) is 7.02. The van der Waals surface area contributed by atoms with Gasteiger partial charge in [0.25, 0.3) is 0 Å². The second-order valence-corrected chi connectivity index (χ2v) is 4.39. The fraction of sp³-hybridized carbons (Fsp3) is 0.500. The van der Waals surface area contributed by atoms with Gasteiger partial charge in [0.15, 0.2) is 0 Å². The lowest BCUT2D eigenvalue weighted by atomic mass is 10.1. The van der Waals surface area contributed by atoms with Crippen molar-refractivity contribution in [3.8, 4) is 0 Å². The molecular weight excluding hydrogens is 245 g/mol. The van der Waals surface area contributed by atoms with Crippen molar-refractivity contribution in [2.45, 2.75) is 26.9 Å². The van der Waals surface area contributed by atoms with Crippen molar-refractivity contribution in [2.75, 3.05) is 19.6 Å². The number of likely N-dealkylation sites (N-methyl/N-ethyl adjacent to an activating group) is 2. The number of nitrogens with one attached hydrogen (secondary N) is 1. The number of nitrogens with two attached hydrogens (primary N) is 1. The minimum atomic E-state index is -0.258. The molecule has 0 radical (unpaired) electrons. The van der Waals surface area contributed by atoms with Gasteiger partial charge in [-0.05, 0) is 25.1 Å². The zero-order valence-electron chi connectivity index (χ0n) is 11.6. The van der Waals surface area contributed by atoms with E-state index >= 15 is 0 Å². The number of rotatable bonds is 7. The van der Waals surface area contributed by atoms with Gasteiger partial charge in [-0.25, -0.2) is 4.39 Å². The molecule has 0 bridgehead atoms. The lowest BCUT2D eigenvalue weighted by molar-refractivity contribution is -0.122. The summed E-state index contributed by atoms with van der Waals surface area (Å²) in [6, 6.07) is 4.87. The highest BCUT2D eigenvalue weighted by molar-refractivity contribution is 5.77. The summed E-state index contributed by atoms with van der Waals surface area (Å²) in [4.78, 5) is 13.4. The predicted molar refractivity (Wildman–Crippen MR) is 73.9 cm³/mol. The fourth-order valence-electron chi connectivity index (χ4n) is 1.85. The number of halogens is 1. The largest absolute Gasteiger partial charge is 0.355 e. The Morgan fingerprint density at radius 3 is 2.74 bits per heavy atom. The average molecular weight is 267 g/mol. The molecule has 0 atom stereocenters. The monoisotopic (exact) mass is 267 g/mol. The molecule has 1 rings (SSSR count). The van der Waals surface area contributed by atoms with Gasteiger partial charge in [0.2, 0.25) is 5.91 Å². The van der Waals surface area contributed by atoms with Crippen LogP contribution in [0.3, 0.4) is 0 Å². The average Bonchev–Trinajstić information content (AvgIpc) is 2.40. The molecule has 0 heterocycles. The van der Waals surface area contributed by atoms with Crippen LogP contribution in [0.4, 0.5) is 4.39 Å². The molecule has 0 aliphatic rings. The van der Waals surface area contributed by atoms with E-state index in [1.807, 2.05) is 18.7 Å². The fourth-order valence-corrected chi connectivity index (χ4v) is 1.85. The molecule has 0 aromatic heterocycles. The van der Waals surface area contributed by atoms with Crippen LogP contribution >= 0.6 is 0 Å². The second kappa shape index (κ2) is 7.86. The van der Waals surface area contributed by atoms with Crippen molar-refractivity contribution in [3.05, 3.63) is 35.1 Å². The molecule has 5 heteroatoms.